The molecule has 102 valence electrons. The van der Waals surface area contributed by atoms with E-state index in [9.17, 15) is 0 Å². The van der Waals surface area contributed by atoms with Crippen molar-refractivity contribution >= 4 is 50.0 Å². The van der Waals surface area contributed by atoms with Gasteiger partial charge in [0.1, 0.15) is 0 Å². The van der Waals surface area contributed by atoms with Crippen molar-refractivity contribution in [3.63, 3.8) is 0 Å². The summed E-state index contributed by atoms with van der Waals surface area (Å²) in [6.07, 6.45) is 4.31. The zero-order chi connectivity index (χ0) is 13.9. The normalized spacial score (nSPS) is 19.6. The Balaban J connectivity index is 1.84. The van der Waals surface area contributed by atoms with E-state index in [1.165, 1.54) is 35.3 Å². The lowest BCUT2D eigenvalue weighted by molar-refractivity contribution is 0.980. The molecule has 1 aromatic carbocycles. The van der Waals surface area contributed by atoms with Crippen LogP contribution in [0.4, 0.5) is 0 Å². The second kappa shape index (κ2) is 6.01. The Hall–Kier alpha value is -1.27. The molecule has 20 heavy (non-hydrogen) atoms. The van der Waals surface area contributed by atoms with Gasteiger partial charge in [-0.1, -0.05) is 35.6 Å². The van der Waals surface area contributed by atoms with Crippen LogP contribution >= 0.6 is 0 Å². The van der Waals surface area contributed by atoms with Crippen molar-refractivity contribution in [2.75, 3.05) is 0 Å². The second-order valence-corrected chi connectivity index (χ2v) is 10.5. The van der Waals surface area contributed by atoms with Crippen LogP contribution < -0.4 is 10.4 Å². The molecule has 1 aromatic rings. The molecule has 0 atom stereocenters. The van der Waals surface area contributed by atoms with Crippen LogP contribution in [0.3, 0.4) is 0 Å². The standard InChI is InChI=1S/C16H20N2Si2/c17-13-3-1-9-19(11-13)15-5-7-16(8-6-15)20-10-2-4-14(18)12-20/h5-8,11-12,17-18H,1-4,9-10H2. The average Bonchev–Trinajstić information content (AvgIpc) is 2.47. The monoisotopic (exact) mass is 296 g/mol. The summed E-state index contributed by atoms with van der Waals surface area (Å²) in [5.41, 5.74) is 6.13. The van der Waals surface area contributed by atoms with Crippen LogP contribution in [0.15, 0.2) is 24.3 Å². The summed E-state index contributed by atoms with van der Waals surface area (Å²) in [6, 6.07) is 11.7. The van der Waals surface area contributed by atoms with Crippen LogP contribution in [0.2, 0.25) is 12.1 Å². The number of nitrogens with one attached hydrogen (secondary N) is 2. The number of hydrogen-bond acceptors (Lipinski definition) is 2. The summed E-state index contributed by atoms with van der Waals surface area (Å²) >= 11 is 0. The van der Waals surface area contributed by atoms with Crippen LogP contribution in [0, 0.1) is 10.8 Å². The smallest absolute Gasteiger partial charge is 0.0476 e. The molecule has 0 amide bonds. The van der Waals surface area contributed by atoms with E-state index in [2.05, 4.69) is 35.6 Å². The van der Waals surface area contributed by atoms with Crippen LogP contribution in [0.25, 0.3) is 0 Å². The van der Waals surface area contributed by atoms with Crippen molar-refractivity contribution in [3.05, 3.63) is 24.3 Å². The summed E-state index contributed by atoms with van der Waals surface area (Å²) in [5.74, 6) is 0. The molecule has 3 rings (SSSR count). The van der Waals surface area contributed by atoms with E-state index in [0.717, 1.165) is 24.3 Å². The maximum absolute atomic E-state index is 7.84. The van der Waals surface area contributed by atoms with Gasteiger partial charge in [0, 0.05) is 28.2 Å². The zero-order valence-electron chi connectivity index (χ0n) is 11.7. The first-order valence-electron chi connectivity index (χ1n) is 7.39. The third-order valence-corrected chi connectivity index (χ3v) is 9.44. The van der Waals surface area contributed by atoms with E-state index >= 15 is 0 Å². The van der Waals surface area contributed by atoms with Crippen molar-refractivity contribution in [2.24, 2.45) is 0 Å². The fourth-order valence-corrected chi connectivity index (χ4v) is 7.64. The summed E-state index contributed by atoms with van der Waals surface area (Å²) in [5, 5.41) is 18.6. The van der Waals surface area contributed by atoms with Gasteiger partial charge in [0.15, 0.2) is 0 Å². The van der Waals surface area contributed by atoms with Crippen molar-refractivity contribution in [2.45, 2.75) is 37.8 Å². The van der Waals surface area contributed by atoms with Gasteiger partial charge in [0.05, 0.1) is 0 Å². The molecule has 2 nitrogen and oxygen atoms in total. The summed E-state index contributed by atoms with van der Waals surface area (Å²) in [6.45, 7) is 0. The first-order valence-corrected chi connectivity index (χ1v) is 11.0. The lowest BCUT2D eigenvalue weighted by atomic mass is 10.2. The maximum Gasteiger partial charge on any atom is 0.0476 e. The lowest BCUT2D eigenvalue weighted by Crippen LogP contribution is -2.33. The minimum Gasteiger partial charge on any atom is -0.306 e. The largest absolute Gasteiger partial charge is 0.306 e. The van der Waals surface area contributed by atoms with Crippen molar-refractivity contribution < 1.29 is 0 Å². The molecule has 0 aromatic heterocycles. The summed E-state index contributed by atoms with van der Waals surface area (Å²) in [4.78, 5) is 0. The molecule has 0 radical (unpaired) electrons. The van der Waals surface area contributed by atoms with Crippen LogP contribution in [-0.4, -0.2) is 39.6 Å². The Bertz CT molecular complexity index is 557. The van der Waals surface area contributed by atoms with E-state index in [0.29, 0.717) is 0 Å². The van der Waals surface area contributed by atoms with E-state index in [4.69, 9.17) is 10.8 Å². The maximum atomic E-state index is 7.84. The molecule has 2 N–H and O–H groups in total. The molecule has 0 spiro atoms. The highest BCUT2D eigenvalue weighted by molar-refractivity contribution is 6.87. The Morgan fingerprint density at radius 1 is 0.700 bits per heavy atom. The van der Waals surface area contributed by atoms with E-state index in [1.54, 1.807) is 0 Å². The lowest BCUT2D eigenvalue weighted by Gasteiger charge is -2.15. The van der Waals surface area contributed by atoms with Gasteiger partial charge in [0.25, 0.3) is 0 Å². The molecular formula is C16H20N2Si2. The van der Waals surface area contributed by atoms with E-state index in [-0.39, 0.29) is 0 Å². The van der Waals surface area contributed by atoms with Gasteiger partial charge >= 0.3 is 0 Å². The van der Waals surface area contributed by atoms with Gasteiger partial charge in [0.2, 0.25) is 0 Å². The molecule has 0 bridgehead atoms. The minimum atomic E-state index is -0.622. The number of hydrogen-bond donors (Lipinski definition) is 2. The number of rotatable bonds is 2. The Labute approximate surface area is 123 Å². The molecule has 2 heterocycles. The van der Waals surface area contributed by atoms with Crippen molar-refractivity contribution in [1.82, 2.24) is 0 Å². The molecule has 0 unspecified atom stereocenters. The Morgan fingerprint density at radius 3 is 1.45 bits per heavy atom. The molecule has 0 aliphatic carbocycles. The molecule has 4 heteroatoms. The Kier molecular flexibility index (Phi) is 4.12. The topological polar surface area (TPSA) is 47.7 Å². The third kappa shape index (κ3) is 3.07. The van der Waals surface area contributed by atoms with Gasteiger partial charge in [-0.05, 0) is 48.1 Å². The van der Waals surface area contributed by atoms with E-state index < -0.39 is 16.8 Å². The minimum absolute atomic E-state index is 0.622. The molecular weight excluding hydrogens is 276 g/mol. The van der Waals surface area contributed by atoms with Gasteiger partial charge < -0.3 is 10.8 Å². The summed E-state index contributed by atoms with van der Waals surface area (Å²) < 4.78 is 0. The van der Waals surface area contributed by atoms with Crippen LogP contribution in [0.1, 0.15) is 25.7 Å². The van der Waals surface area contributed by atoms with Crippen molar-refractivity contribution in [3.8, 4) is 0 Å². The van der Waals surface area contributed by atoms with Gasteiger partial charge in [-0.25, -0.2) is 0 Å². The quantitative estimate of drug-likeness (QED) is 0.777. The molecule has 2 aliphatic rings. The van der Waals surface area contributed by atoms with Crippen molar-refractivity contribution in [1.29, 1.82) is 10.8 Å². The SMILES string of the molecule is N=C1C=[Si](c2ccc([Si]3=CC(=N)CCC3)cc2)CCC1. The highest BCUT2D eigenvalue weighted by Crippen LogP contribution is 2.06. The average molecular weight is 297 g/mol. The van der Waals surface area contributed by atoms with Gasteiger partial charge in [-0.2, -0.15) is 0 Å². The predicted octanol–water partition coefficient (Wildman–Crippen LogP) is 1.49. The third-order valence-electron chi connectivity index (χ3n) is 4.11. The summed E-state index contributed by atoms with van der Waals surface area (Å²) in [7, 11) is -1.24. The second-order valence-electron chi connectivity index (χ2n) is 5.67. The van der Waals surface area contributed by atoms with E-state index in [1.807, 2.05) is 0 Å². The highest BCUT2D eigenvalue weighted by Gasteiger charge is 2.13. The fourth-order valence-electron chi connectivity index (χ4n) is 3.00. The van der Waals surface area contributed by atoms with Gasteiger partial charge in [-0.15, -0.1) is 0 Å². The zero-order valence-corrected chi connectivity index (χ0v) is 13.7. The number of benzene rings is 1. The molecule has 0 saturated heterocycles. The highest BCUT2D eigenvalue weighted by atomic mass is 28.2. The fraction of sp³-hybridized carbons (Fsp3) is 0.375. The first-order chi connectivity index (χ1) is 9.72. The predicted molar refractivity (Wildman–Crippen MR) is 92.9 cm³/mol. The molecule has 0 fully saturated rings. The molecule has 2 aliphatic heterocycles. The first kappa shape index (κ1) is 13.7. The van der Waals surface area contributed by atoms with Gasteiger partial charge in [-0.3, -0.25) is 0 Å². The molecule has 0 saturated carbocycles. The Morgan fingerprint density at radius 2 is 1.10 bits per heavy atom. The van der Waals surface area contributed by atoms with Crippen LogP contribution in [-0.2, 0) is 0 Å². The van der Waals surface area contributed by atoms with Crippen LogP contribution in [0.5, 0.6) is 0 Å².